The number of nitrogens with zero attached hydrogens (tertiary/aromatic N) is 4. The smallest absolute Gasteiger partial charge is 0.437 e. The van der Waals surface area contributed by atoms with Crippen LogP contribution in [0.2, 0.25) is 0 Å². The molecule has 224 valence electrons. The summed E-state index contributed by atoms with van der Waals surface area (Å²) in [5.74, 6) is -5.48. The highest BCUT2D eigenvalue weighted by atomic mass is 31.2. The molecule has 0 aromatic carbocycles. The molecule has 1 fully saturated rings. The number of carbonyl (C=O) groups is 2. The maximum Gasteiger partial charge on any atom is 0.480 e. The zero-order valence-corrected chi connectivity index (χ0v) is 23.4. The van der Waals surface area contributed by atoms with Crippen molar-refractivity contribution >= 4 is 25.6 Å². The number of aromatic nitrogens is 3. The first-order chi connectivity index (χ1) is 18.2. The predicted molar refractivity (Wildman–Crippen MR) is 128 cm³/mol. The largest absolute Gasteiger partial charge is 0.480 e. The summed E-state index contributed by atoms with van der Waals surface area (Å²) >= 11 is 0. The molecule has 1 saturated heterocycles. The molecule has 1 aliphatic rings. The Kier molecular flexibility index (Phi) is 9.81. The van der Waals surface area contributed by atoms with Crippen LogP contribution in [0.4, 0.5) is 10.2 Å². The van der Waals surface area contributed by atoms with Gasteiger partial charge in [-0.1, -0.05) is 0 Å². The highest BCUT2D eigenvalue weighted by molar-refractivity contribution is 7.48. The number of nitrogen functional groups attached to an aromatic ring is 1. The van der Waals surface area contributed by atoms with E-state index in [1.807, 2.05) is 0 Å². The van der Waals surface area contributed by atoms with Crippen LogP contribution in [0.1, 0.15) is 41.5 Å². The Bertz CT molecular complexity index is 1220. The van der Waals surface area contributed by atoms with Crippen LogP contribution in [0.25, 0.3) is 0 Å². The van der Waals surface area contributed by atoms with Gasteiger partial charge in [-0.15, -0.1) is 0 Å². The number of carbonyl (C=O) groups excluding carboxylic acids is 2. The van der Waals surface area contributed by atoms with E-state index in [2.05, 4.69) is 10.1 Å². The maximum atomic E-state index is 15.8. The molecule has 0 aliphatic carbocycles. The number of nitriles is 1. The zero-order chi connectivity index (χ0) is 30.7. The molecule has 17 nitrogen and oxygen atoms in total. The van der Waals surface area contributed by atoms with Gasteiger partial charge in [0.05, 0.1) is 17.0 Å². The van der Waals surface area contributed by atoms with Crippen molar-refractivity contribution < 1.29 is 56.5 Å². The van der Waals surface area contributed by atoms with Gasteiger partial charge in [0.1, 0.15) is 30.7 Å². The minimum absolute atomic E-state index is 0.142. The van der Waals surface area contributed by atoms with E-state index in [-0.39, 0.29) is 10.5 Å². The Morgan fingerprint density at radius 3 is 2.05 bits per heavy atom. The summed E-state index contributed by atoms with van der Waals surface area (Å²) in [6.07, 6.45) is -4.25. The normalized spacial score (nSPS) is 25.3. The van der Waals surface area contributed by atoms with E-state index in [9.17, 15) is 34.4 Å². The summed E-state index contributed by atoms with van der Waals surface area (Å²) in [6, 6.07) is 1.35. The number of phosphoric ester groups is 1. The van der Waals surface area contributed by atoms with Crippen molar-refractivity contribution in [3.05, 3.63) is 16.7 Å². The Morgan fingerprint density at radius 1 is 1.12 bits per heavy atom. The molecule has 0 amide bonds. The zero-order valence-electron chi connectivity index (χ0n) is 22.5. The fourth-order valence-corrected chi connectivity index (χ4v) is 3.75. The van der Waals surface area contributed by atoms with E-state index in [1.165, 1.54) is 47.6 Å². The summed E-state index contributed by atoms with van der Waals surface area (Å²) in [5, 5.41) is 34.0. The third kappa shape index (κ3) is 7.37. The molecule has 1 aromatic heterocycles. The van der Waals surface area contributed by atoms with Crippen molar-refractivity contribution in [2.45, 2.75) is 65.3 Å². The fourth-order valence-electron chi connectivity index (χ4n) is 2.83. The van der Waals surface area contributed by atoms with Gasteiger partial charge in [0.2, 0.25) is 13.6 Å². The van der Waals surface area contributed by atoms with E-state index < -0.39 is 80.3 Å². The van der Waals surface area contributed by atoms with E-state index in [4.69, 9.17) is 33.5 Å². The molecule has 19 heteroatoms. The topological polar surface area (TPSA) is 245 Å². The molecule has 0 unspecified atom stereocenters. The molecule has 1 aromatic rings. The molecule has 0 radical (unpaired) electrons. The number of aliphatic hydroxyl groups is 2. The van der Waals surface area contributed by atoms with Gasteiger partial charge < -0.3 is 25.4 Å². The lowest BCUT2D eigenvalue weighted by Gasteiger charge is -2.27. The summed E-state index contributed by atoms with van der Waals surface area (Å²) < 4.78 is 58.4. The summed E-state index contributed by atoms with van der Waals surface area (Å²) in [6.45, 7) is 5.50. The highest BCUT2D eigenvalue weighted by Crippen LogP contribution is 2.52. The van der Waals surface area contributed by atoms with Gasteiger partial charge in [-0.3, -0.25) is 18.8 Å². The lowest BCUT2D eigenvalue weighted by atomic mass is 9.98. The van der Waals surface area contributed by atoms with Crippen LogP contribution in [0, 0.1) is 22.2 Å². The second kappa shape index (κ2) is 11.8. The Morgan fingerprint density at radius 2 is 1.62 bits per heavy atom. The lowest BCUT2D eigenvalue weighted by molar-refractivity contribution is -0.230. The van der Waals surface area contributed by atoms with E-state index in [0.717, 1.165) is 6.20 Å². The van der Waals surface area contributed by atoms with Gasteiger partial charge in [0, 0.05) is 0 Å². The Labute approximate surface area is 227 Å². The number of halogens is 1. The van der Waals surface area contributed by atoms with E-state index >= 15 is 4.39 Å². The highest BCUT2D eigenvalue weighted by Gasteiger charge is 2.67. The summed E-state index contributed by atoms with van der Waals surface area (Å²) in [4.78, 5) is 39.5. The second-order valence-electron chi connectivity index (χ2n) is 10.5. The van der Waals surface area contributed by atoms with Crippen LogP contribution in [0.3, 0.4) is 0 Å². The summed E-state index contributed by atoms with van der Waals surface area (Å²) in [7, 11) is -4.98. The van der Waals surface area contributed by atoms with Gasteiger partial charge >= 0.3 is 25.5 Å². The number of alkyl halides is 1. The number of phosphoric acid groups is 1. The molecule has 1 aliphatic heterocycles. The number of hydrogen-bond donors (Lipinski definition) is 3. The molecule has 4 atom stereocenters. The maximum absolute atomic E-state index is 15.8. The van der Waals surface area contributed by atoms with Crippen LogP contribution >= 0.6 is 7.82 Å². The predicted octanol–water partition coefficient (Wildman–Crippen LogP) is 0.0662. The standard InChI is InChI=1S/C21H31FN5O12P/c1-18(2,3)15(30)34-10-37-40(33,38-11-35-16(31)19(4,5)6)36-9-20(22)13(28)14(29)21(8-23,39-20)27-17(32)26-12(24)7-25-27/h7,13-14,28-29H,9-11H2,1-6H3,(H2,24,26,32)/t13-,14+,20+,21+/m0/s1. The second-order valence-corrected chi connectivity index (χ2v) is 12.2. The van der Waals surface area contributed by atoms with Crippen molar-refractivity contribution in [2.24, 2.45) is 10.8 Å². The Hall–Kier alpha value is -3.04. The van der Waals surface area contributed by atoms with Crippen molar-refractivity contribution in [1.82, 2.24) is 14.8 Å². The minimum atomic E-state index is -4.98. The first-order valence-corrected chi connectivity index (χ1v) is 12.9. The van der Waals surface area contributed by atoms with Gasteiger partial charge in [-0.25, -0.2) is 22.8 Å². The number of esters is 2. The fraction of sp³-hybridized carbons (Fsp3) is 0.714. The number of hydrogen-bond acceptors (Lipinski definition) is 16. The Balaban J connectivity index is 2.27. The number of ether oxygens (including phenoxy) is 3. The van der Waals surface area contributed by atoms with E-state index in [1.54, 1.807) is 0 Å². The third-order valence-corrected chi connectivity index (χ3v) is 6.39. The first-order valence-electron chi connectivity index (χ1n) is 11.5. The number of aliphatic hydroxyl groups excluding tert-OH is 2. The van der Waals surface area contributed by atoms with Crippen molar-refractivity contribution in [3.8, 4) is 6.07 Å². The molecule has 40 heavy (non-hydrogen) atoms. The molecule has 0 saturated carbocycles. The van der Waals surface area contributed by atoms with Gasteiger partial charge in [0.15, 0.2) is 0 Å². The number of nitrogens with two attached hydrogens (primary N) is 1. The first kappa shape index (κ1) is 33.2. The average molecular weight is 595 g/mol. The van der Waals surface area contributed by atoms with Crippen LogP contribution in [0.15, 0.2) is 11.0 Å². The lowest BCUT2D eigenvalue weighted by Crippen LogP contribution is -2.51. The molecular formula is C21H31FN5O12P. The van der Waals surface area contributed by atoms with Crippen LogP contribution in [-0.4, -0.2) is 75.2 Å². The molecule has 0 bridgehead atoms. The van der Waals surface area contributed by atoms with Crippen LogP contribution in [-0.2, 0) is 47.7 Å². The van der Waals surface area contributed by atoms with Crippen molar-refractivity contribution in [2.75, 3.05) is 25.9 Å². The number of anilines is 1. The quantitative estimate of drug-likeness (QED) is 0.184. The SMILES string of the molecule is CC(C)(C)C(=O)OCOP(=O)(OCOC(=O)C(C)(C)C)OC[C@@]1(F)O[C@@](C#N)(n2ncc(N)nc2=O)[C@H](O)[C@@H]1O. The molecular weight excluding hydrogens is 564 g/mol. The number of rotatable bonds is 10. The van der Waals surface area contributed by atoms with Gasteiger partial charge in [0.25, 0.3) is 11.6 Å². The van der Waals surface area contributed by atoms with Crippen molar-refractivity contribution in [1.29, 1.82) is 5.26 Å². The monoisotopic (exact) mass is 595 g/mol. The molecule has 4 N–H and O–H groups in total. The van der Waals surface area contributed by atoms with E-state index in [0.29, 0.717) is 0 Å². The average Bonchev–Trinajstić information content (AvgIpc) is 3.03. The third-order valence-electron chi connectivity index (χ3n) is 5.10. The van der Waals surface area contributed by atoms with Gasteiger partial charge in [-0.2, -0.15) is 20.0 Å². The van der Waals surface area contributed by atoms with Crippen LogP contribution < -0.4 is 11.4 Å². The van der Waals surface area contributed by atoms with Crippen LogP contribution in [0.5, 0.6) is 0 Å². The van der Waals surface area contributed by atoms with Gasteiger partial charge in [-0.05, 0) is 41.5 Å². The minimum Gasteiger partial charge on any atom is -0.437 e. The molecule has 0 spiro atoms. The van der Waals surface area contributed by atoms with Crippen molar-refractivity contribution in [3.63, 3.8) is 0 Å². The summed E-state index contributed by atoms with van der Waals surface area (Å²) in [5.41, 5.74) is -0.924. The molecule has 2 rings (SSSR count). The molecule has 2 heterocycles.